The van der Waals surface area contributed by atoms with E-state index in [4.69, 9.17) is 16.3 Å². The molecule has 24 heavy (non-hydrogen) atoms. The third kappa shape index (κ3) is 3.40. The molecule has 3 rings (SSSR count). The van der Waals surface area contributed by atoms with Gasteiger partial charge in [-0.3, -0.25) is 4.68 Å². The van der Waals surface area contributed by atoms with Crippen LogP contribution in [0.4, 0.5) is 17.6 Å². The van der Waals surface area contributed by atoms with Crippen molar-refractivity contribution in [1.82, 2.24) is 19.7 Å². The molecule has 0 aliphatic heterocycles. The average molecular weight is 361 g/mol. The summed E-state index contributed by atoms with van der Waals surface area (Å²) in [6.07, 6.45) is -0.981. The molecule has 0 bridgehead atoms. The first-order valence-electron chi connectivity index (χ1n) is 6.68. The number of aromatic nitrogens is 4. The summed E-state index contributed by atoms with van der Waals surface area (Å²) < 4.78 is 57.5. The minimum absolute atomic E-state index is 0.0334. The predicted molar refractivity (Wildman–Crippen MR) is 77.2 cm³/mol. The van der Waals surface area contributed by atoms with E-state index in [9.17, 15) is 17.6 Å². The molecular formula is C14H9ClF4N4O. The van der Waals surface area contributed by atoms with Crippen LogP contribution in [-0.2, 0) is 12.7 Å². The lowest BCUT2D eigenvalue weighted by Gasteiger charge is -2.09. The van der Waals surface area contributed by atoms with E-state index in [-0.39, 0.29) is 13.2 Å². The second-order valence-electron chi connectivity index (χ2n) is 4.78. The Hall–Kier alpha value is -2.42. The minimum Gasteiger partial charge on any atom is -0.474 e. The van der Waals surface area contributed by atoms with Gasteiger partial charge in [0.15, 0.2) is 5.82 Å². The Bertz CT molecular complexity index is 881. The summed E-state index contributed by atoms with van der Waals surface area (Å²) in [6, 6.07) is 2.02. The lowest BCUT2D eigenvalue weighted by Crippen LogP contribution is -2.11. The Labute approximate surface area is 137 Å². The fraction of sp³-hybridized carbons (Fsp3) is 0.214. The van der Waals surface area contributed by atoms with Crippen molar-refractivity contribution in [3.8, 4) is 5.88 Å². The Morgan fingerprint density at radius 3 is 2.71 bits per heavy atom. The molecule has 0 aromatic carbocycles. The molecule has 0 amide bonds. The Morgan fingerprint density at radius 1 is 1.25 bits per heavy atom. The van der Waals surface area contributed by atoms with E-state index in [1.807, 2.05) is 0 Å². The summed E-state index contributed by atoms with van der Waals surface area (Å²) in [4.78, 5) is 7.27. The molecular weight excluding hydrogens is 352 g/mol. The normalized spacial score (nSPS) is 11.9. The molecule has 0 atom stereocenters. The van der Waals surface area contributed by atoms with Gasteiger partial charge in [-0.25, -0.2) is 14.4 Å². The van der Waals surface area contributed by atoms with Crippen LogP contribution < -0.4 is 4.74 Å². The predicted octanol–water partition coefficient (Wildman–Crippen LogP) is 3.72. The number of ether oxygens (including phenoxy) is 1. The van der Waals surface area contributed by atoms with Crippen molar-refractivity contribution in [2.75, 3.05) is 6.61 Å². The summed E-state index contributed by atoms with van der Waals surface area (Å²) in [5.74, 6) is -1.68. The van der Waals surface area contributed by atoms with Crippen LogP contribution in [0.2, 0.25) is 5.15 Å². The molecule has 126 valence electrons. The van der Waals surface area contributed by atoms with Gasteiger partial charge in [-0.15, -0.1) is 0 Å². The Balaban J connectivity index is 1.66. The van der Waals surface area contributed by atoms with Gasteiger partial charge in [0, 0.05) is 18.6 Å². The van der Waals surface area contributed by atoms with Gasteiger partial charge in [-0.2, -0.15) is 18.3 Å². The van der Waals surface area contributed by atoms with Crippen LogP contribution in [0, 0.1) is 5.82 Å². The molecule has 0 fully saturated rings. The SMILES string of the molecule is Fc1cc(C(F)(F)F)cnc1OCCn1cc2c(Cl)nccc2n1. The first-order valence-corrected chi connectivity index (χ1v) is 7.05. The number of nitrogens with zero attached hydrogens (tertiary/aromatic N) is 4. The summed E-state index contributed by atoms with van der Waals surface area (Å²) in [5.41, 5.74) is -0.540. The van der Waals surface area contributed by atoms with Crippen molar-refractivity contribution in [2.24, 2.45) is 0 Å². The lowest BCUT2D eigenvalue weighted by molar-refractivity contribution is -0.138. The van der Waals surface area contributed by atoms with Crippen LogP contribution >= 0.6 is 11.6 Å². The molecule has 10 heteroatoms. The quantitative estimate of drug-likeness (QED) is 0.525. The van der Waals surface area contributed by atoms with Crippen LogP contribution in [0.3, 0.4) is 0 Å². The number of halogens is 5. The van der Waals surface area contributed by atoms with Crippen molar-refractivity contribution in [3.05, 3.63) is 47.3 Å². The lowest BCUT2D eigenvalue weighted by atomic mass is 10.3. The number of fused-ring (bicyclic) bond motifs is 1. The smallest absolute Gasteiger partial charge is 0.417 e. The Kier molecular flexibility index (Phi) is 4.27. The van der Waals surface area contributed by atoms with Crippen molar-refractivity contribution in [1.29, 1.82) is 0 Å². The highest BCUT2D eigenvalue weighted by Crippen LogP contribution is 2.30. The van der Waals surface area contributed by atoms with E-state index in [2.05, 4.69) is 15.1 Å². The monoisotopic (exact) mass is 360 g/mol. The molecule has 3 heterocycles. The zero-order valence-electron chi connectivity index (χ0n) is 11.9. The van der Waals surface area contributed by atoms with Gasteiger partial charge in [-0.1, -0.05) is 11.6 Å². The maximum absolute atomic E-state index is 13.6. The second kappa shape index (κ2) is 6.23. The standard InChI is InChI=1S/C14H9ClF4N4O/c15-12-9-7-23(22-11(9)1-2-20-12)3-4-24-13-10(16)5-8(6-21-13)14(17,18)19/h1-2,5-7H,3-4H2. The third-order valence-electron chi connectivity index (χ3n) is 3.13. The van der Waals surface area contributed by atoms with Gasteiger partial charge < -0.3 is 4.74 Å². The van der Waals surface area contributed by atoms with Gasteiger partial charge in [-0.05, 0) is 12.1 Å². The third-order valence-corrected chi connectivity index (χ3v) is 3.43. The number of hydrogen-bond acceptors (Lipinski definition) is 4. The van der Waals surface area contributed by atoms with Crippen LogP contribution in [0.25, 0.3) is 10.9 Å². The maximum Gasteiger partial charge on any atom is 0.417 e. The summed E-state index contributed by atoms with van der Waals surface area (Å²) in [7, 11) is 0. The van der Waals surface area contributed by atoms with Gasteiger partial charge in [0.05, 0.1) is 23.0 Å². The van der Waals surface area contributed by atoms with Gasteiger partial charge in [0.25, 0.3) is 0 Å². The van der Waals surface area contributed by atoms with Crippen LogP contribution in [0.5, 0.6) is 5.88 Å². The molecule has 5 nitrogen and oxygen atoms in total. The van der Waals surface area contributed by atoms with Crippen LogP contribution in [0.1, 0.15) is 5.56 Å². The number of alkyl halides is 3. The largest absolute Gasteiger partial charge is 0.474 e. The van der Waals surface area contributed by atoms with E-state index in [0.717, 1.165) is 0 Å². The van der Waals surface area contributed by atoms with Crippen molar-refractivity contribution in [3.63, 3.8) is 0 Å². The van der Waals surface area contributed by atoms with E-state index >= 15 is 0 Å². The molecule has 0 aliphatic carbocycles. The highest BCUT2D eigenvalue weighted by Gasteiger charge is 2.32. The first kappa shape index (κ1) is 16.4. The fourth-order valence-corrected chi connectivity index (χ4v) is 2.20. The van der Waals surface area contributed by atoms with Gasteiger partial charge in [0.2, 0.25) is 5.88 Å². The molecule has 3 aromatic rings. The van der Waals surface area contributed by atoms with Crippen molar-refractivity contribution >= 4 is 22.5 Å². The number of pyridine rings is 2. The topological polar surface area (TPSA) is 52.8 Å². The summed E-state index contributed by atoms with van der Waals surface area (Å²) in [6.45, 7) is 0.196. The highest BCUT2D eigenvalue weighted by molar-refractivity contribution is 6.34. The zero-order chi connectivity index (χ0) is 17.3. The molecule has 0 aliphatic rings. The number of rotatable bonds is 4. The van der Waals surface area contributed by atoms with Crippen molar-refractivity contribution < 1.29 is 22.3 Å². The summed E-state index contributed by atoms with van der Waals surface area (Å²) >= 11 is 5.93. The van der Waals surface area contributed by atoms with E-state index in [0.29, 0.717) is 28.3 Å². The second-order valence-corrected chi connectivity index (χ2v) is 5.14. The maximum atomic E-state index is 13.6. The van der Waals surface area contributed by atoms with E-state index < -0.39 is 23.4 Å². The average Bonchev–Trinajstić information content (AvgIpc) is 2.92. The van der Waals surface area contributed by atoms with Gasteiger partial charge >= 0.3 is 6.18 Å². The van der Waals surface area contributed by atoms with E-state index in [1.54, 1.807) is 12.3 Å². The minimum atomic E-state index is -4.66. The molecule has 0 spiro atoms. The highest BCUT2D eigenvalue weighted by atomic mass is 35.5. The van der Waals surface area contributed by atoms with E-state index in [1.165, 1.54) is 10.9 Å². The molecule has 0 saturated carbocycles. The summed E-state index contributed by atoms with van der Waals surface area (Å²) in [5, 5.41) is 5.17. The Morgan fingerprint density at radius 2 is 2.04 bits per heavy atom. The van der Waals surface area contributed by atoms with Gasteiger partial charge in [0.1, 0.15) is 11.8 Å². The molecule has 0 unspecified atom stereocenters. The fourth-order valence-electron chi connectivity index (χ4n) is 2.00. The van der Waals surface area contributed by atoms with Crippen LogP contribution in [-0.4, -0.2) is 26.4 Å². The van der Waals surface area contributed by atoms with Crippen LogP contribution in [0.15, 0.2) is 30.7 Å². The molecule has 0 saturated heterocycles. The number of hydrogen-bond donors (Lipinski definition) is 0. The molecule has 3 aromatic heterocycles. The molecule has 0 radical (unpaired) electrons. The van der Waals surface area contributed by atoms with Crippen molar-refractivity contribution in [2.45, 2.75) is 12.7 Å². The first-order chi connectivity index (χ1) is 11.3. The zero-order valence-corrected chi connectivity index (χ0v) is 12.6. The molecule has 0 N–H and O–H groups in total.